The van der Waals surface area contributed by atoms with Crippen LogP contribution in [0.15, 0.2) is 72.8 Å². The standard InChI is InChI=1S/C29H28N4O2.2H2/c1-18-11-12-21-25(15-18)31-27(22-9-5-6-10-26(22)34)32-28(21)33-14-13-20(17-33)30-29(35)24-16-23(24)19-7-3-2-4-8-19;;/h2-12,15,20,23-24,34H,13-14,16-17H2,1H3,(H,30,35);2*1H/t20-,23-,24?;;/m1../s1. The number of aromatic hydroxyl groups is 1. The summed E-state index contributed by atoms with van der Waals surface area (Å²) in [7, 11) is 0. The monoisotopic (exact) mass is 468 g/mol. The van der Waals surface area contributed by atoms with E-state index in [9.17, 15) is 9.90 Å². The van der Waals surface area contributed by atoms with E-state index in [0.29, 0.717) is 23.9 Å². The van der Waals surface area contributed by atoms with Crippen molar-refractivity contribution < 1.29 is 12.8 Å². The quantitative estimate of drug-likeness (QED) is 0.415. The number of phenols is 1. The summed E-state index contributed by atoms with van der Waals surface area (Å²) in [6.45, 7) is 3.55. The van der Waals surface area contributed by atoms with Crippen molar-refractivity contribution in [2.24, 2.45) is 5.92 Å². The number of rotatable bonds is 5. The molecule has 3 aromatic carbocycles. The van der Waals surface area contributed by atoms with Gasteiger partial charge in [0.15, 0.2) is 5.82 Å². The van der Waals surface area contributed by atoms with Crippen molar-refractivity contribution in [1.82, 2.24) is 15.3 Å². The normalized spacial score (nSPS) is 21.3. The molecule has 1 saturated carbocycles. The lowest BCUT2D eigenvalue weighted by molar-refractivity contribution is -0.123. The summed E-state index contributed by atoms with van der Waals surface area (Å²) < 4.78 is 0. The largest absolute Gasteiger partial charge is 0.507 e. The smallest absolute Gasteiger partial charge is 0.224 e. The minimum Gasteiger partial charge on any atom is -0.507 e. The molecule has 180 valence electrons. The van der Waals surface area contributed by atoms with Gasteiger partial charge >= 0.3 is 0 Å². The van der Waals surface area contributed by atoms with Gasteiger partial charge in [0.25, 0.3) is 0 Å². The maximum Gasteiger partial charge on any atom is 0.224 e. The molecule has 1 aliphatic carbocycles. The number of aryl methyl sites for hydroxylation is 1. The second-order valence-corrected chi connectivity index (χ2v) is 9.71. The number of carbonyl (C=O) groups is 1. The number of carbonyl (C=O) groups excluding carboxylic acids is 1. The van der Waals surface area contributed by atoms with E-state index in [1.165, 1.54) is 5.56 Å². The van der Waals surface area contributed by atoms with Gasteiger partial charge in [-0.05, 0) is 61.1 Å². The molecule has 1 aromatic heterocycles. The van der Waals surface area contributed by atoms with Crippen molar-refractivity contribution in [3.63, 3.8) is 0 Å². The first kappa shape index (κ1) is 21.6. The first-order valence-electron chi connectivity index (χ1n) is 12.2. The van der Waals surface area contributed by atoms with Crippen molar-refractivity contribution in [2.45, 2.75) is 31.7 Å². The van der Waals surface area contributed by atoms with Gasteiger partial charge in [-0.25, -0.2) is 9.97 Å². The lowest BCUT2D eigenvalue weighted by atomic mass is 10.1. The molecule has 2 heterocycles. The fourth-order valence-electron chi connectivity index (χ4n) is 5.18. The third kappa shape index (κ3) is 4.20. The summed E-state index contributed by atoms with van der Waals surface area (Å²) in [6.07, 6.45) is 1.80. The SMILES string of the molecule is Cc1ccc2c(N3CC[C@@H](NC(=O)C4C[C@@H]4c4ccccc4)C3)nc(-c3ccccc3O)nc2c1.[HH].[HH]. The predicted octanol–water partition coefficient (Wildman–Crippen LogP) is 5.30. The van der Waals surface area contributed by atoms with E-state index >= 15 is 0 Å². The number of hydrogen-bond donors (Lipinski definition) is 2. The molecule has 0 bridgehead atoms. The van der Waals surface area contributed by atoms with E-state index in [1.807, 2.05) is 37.3 Å². The van der Waals surface area contributed by atoms with Crippen molar-refractivity contribution in [3.8, 4) is 17.1 Å². The van der Waals surface area contributed by atoms with Crippen molar-refractivity contribution in [3.05, 3.63) is 83.9 Å². The van der Waals surface area contributed by atoms with Gasteiger partial charge in [-0.2, -0.15) is 0 Å². The van der Waals surface area contributed by atoms with Crippen LogP contribution in [0.4, 0.5) is 5.82 Å². The molecule has 1 unspecified atom stereocenters. The van der Waals surface area contributed by atoms with E-state index in [0.717, 1.165) is 41.7 Å². The number of anilines is 1. The molecule has 0 radical (unpaired) electrons. The molecular formula is C29H32N4O2. The maximum atomic E-state index is 12.9. The number of benzene rings is 3. The Labute approximate surface area is 207 Å². The highest BCUT2D eigenvalue weighted by Crippen LogP contribution is 2.47. The van der Waals surface area contributed by atoms with E-state index in [-0.39, 0.29) is 26.5 Å². The van der Waals surface area contributed by atoms with Gasteiger partial charge in [-0.15, -0.1) is 0 Å². The summed E-state index contributed by atoms with van der Waals surface area (Å²) in [5, 5.41) is 14.7. The zero-order chi connectivity index (χ0) is 23.9. The predicted molar refractivity (Wildman–Crippen MR) is 142 cm³/mol. The fourth-order valence-corrected chi connectivity index (χ4v) is 5.18. The number of amides is 1. The second-order valence-electron chi connectivity index (χ2n) is 9.71. The molecule has 35 heavy (non-hydrogen) atoms. The van der Waals surface area contributed by atoms with E-state index in [4.69, 9.17) is 9.97 Å². The topological polar surface area (TPSA) is 78.4 Å². The number of nitrogens with zero attached hydrogens (tertiary/aromatic N) is 3. The number of fused-ring (bicyclic) bond motifs is 1. The Hall–Kier alpha value is -3.93. The number of para-hydroxylation sites is 1. The van der Waals surface area contributed by atoms with Crippen LogP contribution >= 0.6 is 0 Å². The van der Waals surface area contributed by atoms with Gasteiger partial charge in [-0.3, -0.25) is 4.79 Å². The van der Waals surface area contributed by atoms with Gasteiger partial charge in [0.1, 0.15) is 11.6 Å². The zero-order valence-corrected chi connectivity index (χ0v) is 19.7. The Morgan fingerprint density at radius 1 is 1.06 bits per heavy atom. The average Bonchev–Trinajstić information content (AvgIpc) is 3.55. The highest BCUT2D eigenvalue weighted by molar-refractivity contribution is 5.92. The Bertz CT molecular complexity index is 1420. The highest BCUT2D eigenvalue weighted by Gasteiger charge is 2.44. The highest BCUT2D eigenvalue weighted by atomic mass is 16.3. The molecule has 2 aliphatic rings. The van der Waals surface area contributed by atoms with Gasteiger partial charge in [0.2, 0.25) is 5.91 Å². The van der Waals surface area contributed by atoms with E-state index in [2.05, 4.69) is 40.5 Å². The second kappa shape index (κ2) is 8.69. The van der Waals surface area contributed by atoms with Crippen LogP contribution < -0.4 is 10.2 Å². The van der Waals surface area contributed by atoms with Crippen LogP contribution in [-0.4, -0.2) is 40.1 Å². The number of phenolic OH excluding ortho intramolecular Hbond substituents is 1. The third-order valence-corrected chi connectivity index (χ3v) is 7.17. The molecule has 1 saturated heterocycles. The van der Waals surface area contributed by atoms with Gasteiger partial charge in [0.05, 0.1) is 11.1 Å². The summed E-state index contributed by atoms with van der Waals surface area (Å²) in [6, 6.07) is 23.7. The zero-order valence-electron chi connectivity index (χ0n) is 19.7. The molecule has 6 nitrogen and oxygen atoms in total. The minimum absolute atomic E-state index is 0. The van der Waals surface area contributed by atoms with Gasteiger partial charge in [0, 0.05) is 33.3 Å². The Morgan fingerprint density at radius 2 is 1.86 bits per heavy atom. The molecule has 1 aliphatic heterocycles. The molecule has 3 atom stereocenters. The van der Waals surface area contributed by atoms with Crippen molar-refractivity contribution in [1.29, 1.82) is 0 Å². The van der Waals surface area contributed by atoms with Crippen LogP contribution in [0.3, 0.4) is 0 Å². The minimum atomic E-state index is 0. The van der Waals surface area contributed by atoms with E-state index in [1.54, 1.807) is 12.1 Å². The van der Waals surface area contributed by atoms with Gasteiger partial charge < -0.3 is 15.3 Å². The number of nitrogens with one attached hydrogen (secondary N) is 1. The third-order valence-electron chi connectivity index (χ3n) is 7.17. The fraction of sp³-hybridized carbons (Fsp3) is 0.276. The van der Waals surface area contributed by atoms with Crippen LogP contribution in [0.25, 0.3) is 22.3 Å². The Morgan fingerprint density at radius 3 is 2.69 bits per heavy atom. The maximum absolute atomic E-state index is 12.9. The van der Waals surface area contributed by atoms with Gasteiger partial charge in [-0.1, -0.05) is 48.5 Å². The molecule has 2 fully saturated rings. The molecule has 4 aromatic rings. The van der Waals surface area contributed by atoms with Crippen molar-refractivity contribution in [2.75, 3.05) is 18.0 Å². The Balaban J connectivity index is 0.00000160. The molecule has 0 spiro atoms. The summed E-state index contributed by atoms with van der Waals surface area (Å²) >= 11 is 0. The summed E-state index contributed by atoms with van der Waals surface area (Å²) in [5.41, 5.74) is 3.83. The van der Waals surface area contributed by atoms with Crippen LogP contribution in [0.5, 0.6) is 5.75 Å². The summed E-state index contributed by atoms with van der Waals surface area (Å²) in [4.78, 5) is 24.8. The molecule has 6 rings (SSSR count). The number of aromatic nitrogens is 2. The lowest BCUT2D eigenvalue weighted by Crippen LogP contribution is -2.38. The first-order valence-corrected chi connectivity index (χ1v) is 12.2. The van der Waals surface area contributed by atoms with Crippen LogP contribution in [0, 0.1) is 12.8 Å². The van der Waals surface area contributed by atoms with E-state index < -0.39 is 0 Å². The summed E-state index contributed by atoms with van der Waals surface area (Å²) in [5.74, 6) is 2.08. The lowest BCUT2D eigenvalue weighted by Gasteiger charge is -2.21. The van der Waals surface area contributed by atoms with Crippen LogP contribution in [-0.2, 0) is 4.79 Å². The average molecular weight is 469 g/mol. The first-order chi connectivity index (χ1) is 17.1. The molecule has 6 heteroatoms. The van der Waals surface area contributed by atoms with Crippen molar-refractivity contribution >= 4 is 22.6 Å². The van der Waals surface area contributed by atoms with Crippen LogP contribution in [0.2, 0.25) is 0 Å². The molecule has 1 amide bonds. The molecule has 2 N–H and O–H groups in total. The Kier molecular flexibility index (Phi) is 5.36. The number of hydrogen-bond acceptors (Lipinski definition) is 5. The van der Waals surface area contributed by atoms with Crippen LogP contribution in [0.1, 0.15) is 32.7 Å². The molecular weight excluding hydrogens is 436 g/mol.